The number of halogens is 1. The molecular formula is C20H23ClN2O4. The summed E-state index contributed by atoms with van der Waals surface area (Å²) in [6.07, 6.45) is 2.29. The maximum atomic E-state index is 12.1. The number of nitrogens with one attached hydrogen (secondary N) is 2. The monoisotopic (exact) mass is 390 g/mol. The van der Waals surface area contributed by atoms with Gasteiger partial charge in [0, 0.05) is 24.0 Å². The Hall–Kier alpha value is -2.44. The summed E-state index contributed by atoms with van der Waals surface area (Å²) in [5, 5.41) is 6.33. The number of rotatable bonds is 8. The van der Waals surface area contributed by atoms with Gasteiger partial charge >= 0.3 is 0 Å². The summed E-state index contributed by atoms with van der Waals surface area (Å²) >= 11 is 6.07. The maximum absolute atomic E-state index is 12.1. The van der Waals surface area contributed by atoms with Crippen molar-refractivity contribution >= 4 is 28.9 Å². The second kappa shape index (κ2) is 9.48. The molecule has 144 valence electrons. The molecule has 1 heterocycles. The molecule has 0 aromatic heterocycles. The fraction of sp³-hybridized carbons (Fsp3) is 0.350. The molecule has 27 heavy (non-hydrogen) atoms. The number of carbonyl (C=O) groups excluding carboxylic acids is 1. The molecule has 0 bridgehead atoms. The number of ether oxygens (including phenoxy) is 3. The van der Waals surface area contributed by atoms with E-state index in [4.69, 9.17) is 25.8 Å². The van der Waals surface area contributed by atoms with E-state index < -0.39 is 0 Å². The minimum Gasteiger partial charge on any atom is -0.495 e. The standard InChI is InChI=1S/C20H23ClN2O4/c1-25-19-8-7-15(11-18(19)21)23-20(24)12-22-14-4-2-5-16(10-14)27-13-17-6-3-9-26-17/h2,4-5,7-8,10-11,17,22H,3,6,9,12-13H2,1H3,(H,23,24). The van der Waals surface area contributed by atoms with E-state index in [1.807, 2.05) is 24.3 Å². The summed E-state index contributed by atoms with van der Waals surface area (Å²) in [5.74, 6) is 1.13. The Balaban J connectivity index is 1.48. The molecule has 6 nitrogen and oxygen atoms in total. The highest BCUT2D eigenvalue weighted by molar-refractivity contribution is 6.32. The van der Waals surface area contributed by atoms with E-state index in [-0.39, 0.29) is 18.6 Å². The van der Waals surface area contributed by atoms with Gasteiger partial charge < -0.3 is 24.8 Å². The molecule has 1 amide bonds. The average molecular weight is 391 g/mol. The smallest absolute Gasteiger partial charge is 0.243 e. The first-order valence-corrected chi connectivity index (χ1v) is 9.23. The molecule has 1 fully saturated rings. The number of carbonyl (C=O) groups is 1. The predicted molar refractivity (Wildman–Crippen MR) is 106 cm³/mol. The van der Waals surface area contributed by atoms with Gasteiger partial charge in [-0.1, -0.05) is 17.7 Å². The molecule has 0 saturated carbocycles. The molecule has 2 N–H and O–H groups in total. The third-order valence-electron chi connectivity index (χ3n) is 4.18. The highest BCUT2D eigenvalue weighted by Crippen LogP contribution is 2.27. The van der Waals surface area contributed by atoms with Crippen LogP contribution in [-0.4, -0.2) is 38.9 Å². The van der Waals surface area contributed by atoms with Gasteiger partial charge in [-0.05, 0) is 43.2 Å². The van der Waals surface area contributed by atoms with Gasteiger partial charge in [-0.15, -0.1) is 0 Å². The Morgan fingerprint density at radius 1 is 1.26 bits per heavy atom. The van der Waals surface area contributed by atoms with Crippen LogP contribution in [0.2, 0.25) is 5.02 Å². The van der Waals surface area contributed by atoms with Crippen molar-refractivity contribution in [1.29, 1.82) is 0 Å². The van der Waals surface area contributed by atoms with Crippen LogP contribution in [0.25, 0.3) is 0 Å². The van der Waals surface area contributed by atoms with E-state index >= 15 is 0 Å². The van der Waals surface area contributed by atoms with Crippen molar-refractivity contribution in [2.24, 2.45) is 0 Å². The largest absolute Gasteiger partial charge is 0.495 e. The Morgan fingerprint density at radius 3 is 2.89 bits per heavy atom. The summed E-state index contributed by atoms with van der Waals surface area (Å²) in [4.78, 5) is 12.1. The first-order valence-electron chi connectivity index (χ1n) is 8.86. The SMILES string of the molecule is COc1ccc(NC(=O)CNc2cccc(OCC3CCCO3)c2)cc1Cl. The van der Waals surface area contributed by atoms with Crippen LogP contribution in [-0.2, 0) is 9.53 Å². The lowest BCUT2D eigenvalue weighted by atomic mass is 10.2. The normalized spacial score (nSPS) is 16.0. The van der Waals surface area contributed by atoms with E-state index in [0.717, 1.165) is 30.9 Å². The zero-order chi connectivity index (χ0) is 19.1. The van der Waals surface area contributed by atoms with Crippen LogP contribution in [0.3, 0.4) is 0 Å². The lowest BCUT2D eigenvalue weighted by Gasteiger charge is -2.13. The fourth-order valence-electron chi connectivity index (χ4n) is 2.79. The Morgan fingerprint density at radius 2 is 2.15 bits per heavy atom. The van der Waals surface area contributed by atoms with Crippen LogP contribution in [0.5, 0.6) is 11.5 Å². The van der Waals surface area contributed by atoms with Crippen LogP contribution in [0.15, 0.2) is 42.5 Å². The number of hydrogen-bond donors (Lipinski definition) is 2. The quantitative estimate of drug-likeness (QED) is 0.714. The summed E-state index contributed by atoms with van der Waals surface area (Å²) < 4.78 is 16.4. The molecule has 0 radical (unpaired) electrons. The van der Waals surface area contributed by atoms with E-state index in [0.29, 0.717) is 23.1 Å². The minimum atomic E-state index is -0.179. The molecule has 0 spiro atoms. The number of methoxy groups -OCH3 is 1. The van der Waals surface area contributed by atoms with Crippen molar-refractivity contribution in [3.8, 4) is 11.5 Å². The fourth-order valence-corrected chi connectivity index (χ4v) is 3.05. The first kappa shape index (κ1) is 19.3. The molecule has 1 unspecified atom stereocenters. The van der Waals surface area contributed by atoms with Crippen molar-refractivity contribution < 1.29 is 19.0 Å². The van der Waals surface area contributed by atoms with Gasteiger partial charge in [0.15, 0.2) is 0 Å². The van der Waals surface area contributed by atoms with Crippen LogP contribution >= 0.6 is 11.6 Å². The summed E-state index contributed by atoms with van der Waals surface area (Å²) in [5.41, 5.74) is 1.42. The lowest BCUT2D eigenvalue weighted by molar-refractivity contribution is -0.114. The van der Waals surface area contributed by atoms with Crippen molar-refractivity contribution in [2.45, 2.75) is 18.9 Å². The minimum absolute atomic E-state index is 0.124. The summed E-state index contributed by atoms with van der Waals surface area (Å²) in [6.45, 7) is 1.48. The highest BCUT2D eigenvalue weighted by Gasteiger charge is 2.16. The van der Waals surface area contributed by atoms with Gasteiger partial charge in [0.25, 0.3) is 0 Å². The van der Waals surface area contributed by atoms with Gasteiger partial charge in [0.1, 0.15) is 18.1 Å². The topological polar surface area (TPSA) is 68.8 Å². The molecule has 1 atom stereocenters. The second-order valence-electron chi connectivity index (χ2n) is 6.22. The Bertz CT molecular complexity index is 778. The van der Waals surface area contributed by atoms with Crippen LogP contribution in [0.1, 0.15) is 12.8 Å². The van der Waals surface area contributed by atoms with E-state index in [2.05, 4.69) is 10.6 Å². The number of anilines is 2. The van der Waals surface area contributed by atoms with Crippen molar-refractivity contribution in [2.75, 3.05) is 37.5 Å². The van der Waals surface area contributed by atoms with Crippen molar-refractivity contribution in [1.82, 2.24) is 0 Å². The molecule has 1 aliphatic rings. The highest BCUT2D eigenvalue weighted by atomic mass is 35.5. The molecule has 7 heteroatoms. The lowest BCUT2D eigenvalue weighted by Crippen LogP contribution is -2.21. The van der Waals surface area contributed by atoms with Gasteiger partial charge in [-0.3, -0.25) is 4.79 Å². The first-order chi connectivity index (χ1) is 13.1. The molecule has 3 rings (SSSR count). The Labute approximate surface area is 163 Å². The number of amides is 1. The van der Waals surface area contributed by atoms with E-state index in [1.54, 1.807) is 25.3 Å². The summed E-state index contributed by atoms with van der Waals surface area (Å²) in [6, 6.07) is 12.6. The molecular weight excluding hydrogens is 368 g/mol. The number of benzene rings is 2. The van der Waals surface area contributed by atoms with Gasteiger partial charge in [-0.2, -0.15) is 0 Å². The van der Waals surface area contributed by atoms with Gasteiger partial charge in [0.2, 0.25) is 5.91 Å². The third-order valence-corrected chi connectivity index (χ3v) is 4.48. The van der Waals surface area contributed by atoms with Crippen molar-refractivity contribution in [3.63, 3.8) is 0 Å². The molecule has 0 aliphatic carbocycles. The third kappa shape index (κ3) is 5.77. The van der Waals surface area contributed by atoms with Gasteiger partial charge in [-0.25, -0.2) is 0 Å². The van der Waals surface area contributed by atoms with Gasteiger partial charge in [0.05, 0.1) is 24.8 Å². The van der Waals surface area contributed by atoms with Crippen LogP contribution in [0, 0.1) is 0 Å². The molecule has 2 aromatic carbocycles. The maximum Gasteiger partial charge on any atom is 0.243 e. The molecule has 1 saturated heterocycles. The molecule has 2 aromatic rings. The molecule has 1 aliphatic heterocycles. The van der Waals surface area contributed by atoms with Crippen LogP contribution < -0.4 is 20.1 Å². The van der Waals surface area contributed by atoms with Crippen molar-refractivity contribution in [3.05, 3.63) is 47.5 Å². The average Bonchev–Trinajstić information content (AvgIpc) is 3.19. The van der Waals surface area contributed by atoms with E-state index in [1.165, 1.54) is 0 Å². The Kier molecular flexibility index (Phi) is 6.79. The zero-order valence-electron chi connectivity index (χ0n) is 15.2. The van der Waals surface area contributed by atoms with Crippen LogP contribution in [0.4, 0.5) is 11.4 Å². The van der Waals surface area contributed by atoms with E-state index in [9.17, 15) is 4.79 Å². The second-order valence-corrected chi connectivity index (χ2v) is 6.63. The summed E-state index contributed by atoms with van der Waals surface area (Å²) in [7, 11) is 1.54. The number of hydrogen-bond acceptors (Lipinski definition) is 5. The predicted octanol–water partition coefficient (Wildman–Crippen LogP) is 3.96. The zero-order valence-corrected chi connectivity index (χ0v) is 15.9.